The Morgan fingerprint density at radius 1 is 1.43 bits per heavy atom. The van der Waals surface area contributed by atoms with Gasteiger partial charge in [-0.25, -0.2) is 4.57 Å². The van der Waals surface area contributed by atoms with Crippen LogP contribution < -0.4 is 10.3 Å². The molecule has 3 atom stereocenters. The maximum absolute atomic E-state index is 12.6. The van der Waals surface area contributed by atoms with E-state index in [4.69, 9.17) is 10.3 Å². The number of hydrogen-bond acceptors (Lipinski definition) is 4. The number of piperidine rings is 1. The number of carbonyl (C=O) groups excluding carboxylic acids is 1. The normalized spacial score (nSPS) is 23.2. The van der Waals surface area contributed by atoms with Crippen LogP contribution in [0.5, 0.6) is 5.75 Å². The zero-order chi connectivity index (χ0) is 15.5. The van der Waals surface area contributed by atoms with E-state index in [-0.39, 0.29) is 5.91 Å². The highest BCUT2D eigenvalue weighted by molar-refractivity contribution is 7.54. The van der Waals surface area contributed by atoms with Crippen molar-refractivity contribution in [3.05, 3.63) is 30.3 Å². The average Bonchev–Trinajstić information content (AvgIpc) is 2.47. The highest BCUT2D eigenvalue weighted by Gasteiger charge is 2.42. The van der Waals surface area contributed by atoms with E-state index >= 15 is 0 Å². The first-order valence-corrected chi connectivity index (χ1v) is 8.69. The van der Waals surface area contributed by atoms with E-state index in [2.05, 4.69) is 0 Å². The van der Waals surface area contributed by atoms with Crippen LogP contribution in [0, 0.1) is 0 Å². The molecule has 116 valence electrons. The number of rotatable bonds is 4. The molecule has 0 aromatic heterocycles. The molecule has 0 spiro atoms. The molecule has 2 rings (SSSR count). The van der Waals surface area contributed by atoms with Crippen molar-refractivity contribution in [2.75, 3.05) is 6.54 Å². The Hall–Kier alpha value is -1.36. The minimum Gasteiger partial charge on any atom is -0.423 e. The highest BCUT2D eigenvalue weighted by atomic mass is 31.2. The summed E-state index contributed by atoms with van der Waals surface area (Å²) in [6.07, 6.45) is 2.04. The molecular weight excluding hydrogens is 291 g/mol. The summed E-state index contributed by atoms with van der Waals surface area (Å²) in [6, 6.07) is 7.78. The second-order valence-electron chi connectivity index (χ2n) is 5.27. The number of hydrogen-bond donors (Lipinski definition) is 2. The molecule has 0 radical (unpaired) electrons. The van der Waals surface area contributed by atoms with Crippen molar-refractivity contribution in [3.63, 3.8) is 0 Å². The van der Waals surface area contributed by atoms with Gasteiger partial charge >= 0.3 is 7.60 Å². The van der Waals surface area contributed by atoms with Gasteiger partial charge in [0.1, 0.15) is 11.5 Å². The minimum absolute atomic E-state index is 0.314. The van der Waals surface area contributed by atoms with Gasteiger partial charge in [0.05, 0.1) is 6.04 Å². The molecule has 1 fully saturated rings. The molecule has 1 aromatic rings. The van der Waals surface area contributed by atoms with Crippen LogP contribution in [-0.4, -0.2) is 34.1 Å². The molecule has 7 heteroatoms. The van der Waals surface area contributed by atoms with Gasteiger partial charge in [-0.2, -0.15) is 0 Å². The van der Waals surface area contributed by atoms with Crippen molar-refractivity contribution in [1.29, 1.82) is 0 Å². The van der Waals surface area contributed by atoms with Gasteiger partial charge in [0.25, 0.3) is 0 Å². The summed E-state index contributed by atoms with van der Waals surface area (Å²) in [5.41, 5.74) is 5.62. The molecule has 2 unspecified atom stereocenters. The zero-order valence-electron chi connectivity index (χ0n) is 12.0. The van der Waals surface area contributed by atoms with Crippen LogP contribution in [0.1, 0.15) is 26.2 Å². The molecule has 1 heterocycles. The van der Waals surface area contributed by atoms with Crippen LogP contribution in [0.3, 0.4) is 0 Å². The lowest BCUT2D eigenvalue weighted by molar-refractivity contribution is -0.134. The number of likely N-dealkylation sites (tertiary alicyclic amines) is 1. The second kappa shape index (κ2) is 6.60. The Morgan fingerprint density at radius 3 is 2.71 bits per heavy atom. The maximum Gasteiger partial charge on any atom is 0.398 e. The van der Waals surface area contributed by atoms with Gasteiger partial charge in [0.2, 0.25) is 5.91 Å². The topological polar surface area (TPSA) is 92.9 Å². The van der Waals surface area contributed by atoms with Gasteiger partial charge in [0.15, 0.2) is 0 Å². The third kappa shape index (κ3) is 3.84. The quantitative estimate of drug-likeness (QED) is 0.829. The van der Waals surface area contributed by atoms with Gasteiger partial charge in [-0.3, -0.25) is 4.79 Å². The van der Waals surface area contributed by atoms with E-state index in [1.54, 1.807) is 37.3 Å². The Bertz CT molecular complexity index is 535. The van der Waals surface area contributed by atoms with Crippen LogP contribution in [0.4, 0.5) is 0 Å². The van der Waals surface area contributed by atoms with E-state index in [9.17, 15) is 14.3 Å². The first-order valence-electron chi connectivity index (χ1n) is 7.05. The monoisotopic (exact) mass is 312 g/mol. The predicted molar refractivity (Wildman–Crippen MR) is 79.9 cm³/mol. The molecule has 3 N–H and O–H groups in total. The number of nitrogens with two attached hydrogens (primary N) is 1. The fourth-order valence-electron chi connectivity index (χ4n) is 2.47. The van der Waals surface area contributed by atoms with E-state index in [0.29, 0.717) is 18.7 Å². The second-order valence-corrected chi connectivity index (χ2v) is 7.17. The fraction of sp³-hybridized carbons (Fsp3) is 0.500. The minimum atomic E-state index is -3.99. The lowest BCUT2D eigenvalue weighted by Gasteiger charge is -2.37. The summed E-state index contributed by atoms with van der Waals surface area (Å²) in [5, 5.41) is 0. The Balaban J connectivity index is 2.19. The predicted octanol–water partition coefficient (Wildman–Crippen LogP) is 1.94. The first-order chi connectivity index (χ1) is 9.92. The summed E-state index contributed by atoms with van der Waals surface area (Å²) in [5.74, 6) is -0.822. The molecule has 1 amide bonds. The average molecular weight is 312 g/mol. The molecule has 1 aliphatic heterocycles. The van der Waals surface area contributed by atoms with Gasteiger partial charge < -0.3 is 20.1 Å². The van der Waals surface area contributed by atoms with E-state index in [0.717, 1.165) is 12.8 Å². The zero-order valence-corrected chi connectivity index (χ0v) is 12.9. The van der Waals surface area contributed by atoms with Crippen molar-refractivity contribution < 1.29 is 18.8 Å². The molecule has 1 aliphatic rings. The number of amides is 1. The summed E-state index contributed by atoms with van der Waals surface area (Å²) in [6.45, 7) is 2.02. The van der Waals surface area contributed by atoms with E-state index < -0.39 is 19.4 Å². The van der Waals surface area contributed by atoms with Crippen molar-refractivity contribution >= 4 is 13.5 Å². The number of carbonyl (C=O) groups is 1. The SMILES string of the molecule is C[C@H](N)C(=O)N1CCCCC1P(=O)(O)Oc1ccccc1. The molecule has 0 bridgehead atoms. The third-order valence-electron chi connectivity index (χ3n) is 3.50. The van der Waals surface area contributed by atoms with Gasteiger partial charge in [-0.05, 0) is 38.3 Å². The third-order valence-corrected chi connectivity index (χ3v) is 5.26. The van der Waals surface area contributed by atoms with E-state index in [1.165, 1.54) is 4.90 Å². The summed E-state index contributed by atoms with van der Waals surface area (Å²) in [7, 11) is -3.99. The van der Waals surface area contributed by atoms with E-state index in [1.807, 2.05) is 0 Å². The molecule has 0 saturated carbocycles. The highest BCUT2D eigenvalue weighted by Crippen LogP contribution is 2.52. The largest absolute Gasteiger partial charge is 0.423 e. The maximum atomic E-state index is 12.6. The lowest BCUT2D eigenvalue weighted by Crippen LogP contribution is -2.50. The fourth-order valence-corrected chi connectivity index (χ4v) is 4.10. The van der Waals surface area contributed by atoms with Gasteiger partial charge in [-0.15, -0.1) is 0 Å². The van der Waals surface area contributed by atoms with Gasteiger partial charge in [-0.1, -0.05) is 18.2 Å². The van der Waals surface area contributed by atoms with Crippen LogP contribution in [0.15, 0.2) is 30.3 Å². The van der Waals surface area contributed by atoms with Crippen molar-refractivity contribution in [2.24, 2.45) is 5.73 Å². The van der Waals surface area contributed by atoms with Crippen molar-refractivity contribution in [3.8, 4) is 5.75 Å². The van der Waals surface area contributed by atoms with Crippen molar-refractivity contribution in [2.45, 2.75) is 38.0 Å². The molecule has 1 aromatic carbocycles. The number of para-hydroxylation sites is 1. The van der Waals surface area contributed by atoms with Crippen LogP contribution in [0.25, 0.3) is 0 Å². The first kappa shape index (κ1) is 16.0. The summed E-state index contributed by atoms with van der Waals surface area (Å²) >= 11 is 0. The summed E-state index contributed by atoms with van der Waals surface area (Å²) < 4.78 is 17.9. The molecular formula is C14H21N2O4P. The lowest BCUT2D eigenvalue weighted by atomic mass is 10.1. The van der Waals surface area contributed by atoms with Crippen LogP contribution in [0.2, 0.25) is 0 Å². The summed E-state index contributed by atoms with van der Waals surface area (Å²) in [4.78, 5) is 23.8. The molecule has 21 heavy (non-hydrogen) atoms. The Labute approximate surface area is 124 Å². The van der Waals surface area contributed by atoms with Crippen LogP contribution in [-0.2, 0) is 9.36 Å². The Morgan fingerprint density at radius 2 is 2.10 bits per heavy atom. The van der Waals surface area contributed by atoms with Gasteiger partial charge in [0, 0.05) is 6.54 Å². The molecule has 6 nitrogen and oxygen atoms in total. The number of nitrogens with zero attached hydrogens (tertiary/aromatic N) is 1. The van der Waals surface area contributed by atoms with Crippen molar-refractivity contribution in [1.82, 2.24) is 4.90 Å². The Kier molecular flexibility index (Phi) is 5.04. The smallest absolute Gasteiger partial charge is 0.398 e. The molecule has 0 aliphatic carbocycles. The number of benzene rings is 1. The molecule has 1 saturated heterocycles. The van der Waals surface area contributed by atoms with Crippen LogP contribution >= 0.6 is 7.60 Å². The standard InChI is InChI=1S/C14H21N2O4P/c1-11(15)14(17)16-10-6-5-9-13(16)21(18,19)20-12-7-3-2-4-8-12/h2-4,7-8,11,13H,5-6,9-10,15H2,1H3,(H,18,19)/t11-,13?/m0/s1.